The standard InChI is InChI=1S/C15H21ClN2O4S/c1-22-15(19)12-5-6-13(16)14(11-12)23(20,21)17-7-10-18-8-3-2-4-9-18/h5-6,11,17H,2-4,7-10H2,1H3. The van der Waals surface area contributed by atoms with Gasteiger partial charge in [-0.15, -0.1) is 0 Å². The lowest BCUT2D eigenvalue weighted by molar-refractivity contribution is 0.0600. The normalized spacial score (nSPS) is 16.3. The number of nitrogens with zero attached hydrogens (tertiary/aromatic N) is 1. The SMILES string of the molecule is COC(=O)c1ccc(Cl)c(S(=O)(=O)NCCN2CCCCC2)c1. The highest BCUT2D eigenvalue weighted by atomic mass is 35.5. The summed E-state index contributed by atoms with van der Waals surface area (Å²) in [6.45, 7) is 2.97. The van der Waals surface area contributed by atoms with Crippen molar-refractivity contribution >= 4 is 27.6 Å². The Kier molecular flexibility index (Phi) is 6.41. The molecule has 1 heterocycles. The topological polar surface area (TPSA) is 75.7 Å². The van der Waals surface area contributed by atoms with E-state index in [1.165, 1.54) is 31.7 Å². The molecule has 0 amide bonds. The van der Waals surface area contributed by atoms with Crippen molar-refractivity contribution in [2.45, 2.75) is 24.2 Å². The van der Waals surface area contributed by atoms with Crippen LogP contribution in [0.4, 0.5) is 0 Å². The molecule has 0 bridgehead atoms. The molecule has 0 unspecified atom stereocenters. The van der Waals surface area contributed by atoms with Crippen molar-refractivity contribution in [1.29, 1.82) is 0 Å². The molecule has 1 aliphatic heterocycles. The highest BCUT2D eigenvalue weighted by molar-refractivity contribution is 7.89. The van der Waals surface area contributed by atoms with E-state index < -0.39 is 16.0 Å². The molecule has 128 valence electrons. The van der Waals surface area contributed by atoms with E-state index in [2.05, 4.69) is 14.4 Å². The number of ether oxygens (including phenoxy) is 1. The molecule has 2 rings (SSSR count). The number of benzene rings is 1. The van der Waals surface area contributed by atoms with Gasteiger partial charge in [0.15, 0.2) is 0 Å². The highest BCUT2D eigenvalue weighted by Crippen LogP contribution is 2.23. The quantitative estimate of drug-likeness (QED) is 0.784. The van der Waals surface area contributed by atoms with Crippen LogP contribution in [-0.2, 0) is 14.8 Å². The second-order valence-electron chi connectivity index (χ2n) is 5.44. The van der Waals surface area contributed by atoms with Crippen LogP contribution < -0.4 is 4.72 Å². The minimum Gasteiger partial charge on any atom is -0.465 e. The molecule has 0 aliphatic carbocycles. The third-order valence-corrected chi connectivity index (χ3v) is 5.75. The molecule has 0 radical (unpaired) electrons. The monoisotopic (exact) mass is 360 g/mol. The van der Waals surface area contributed by atoms with Crippen molar-refractivity contribution in [3.63, 3.8) is 0 Å². The Bertz CT molecular complexity index is 657. The summed E-state index contributed by atoms with van der Waals surface area (Å²) in [4.78, 5) is 13.7. The average molecular weight is 361 g/mol. The van der Waals surface area contributed by atoms with Crippen LogP contribution in [0.1, 0.15) is 29.6 Å². The van der Waals surface area contributed by atoms with Gasteiger partial charge in [0.2, 0.25) is 10.0 Å². The zero-order chi connectivity index (χ0) is 16.9. The fraction of sp³-hybridized carbons (Fsp3) is 0.533. The molecular weight excluding hydrogens is 340 g/mol. The number of halogens is 1. The van der Waals surface area contributed by atoms with Crippen LogP contribution in [0.5, 0.6) is 0 Å². The maximum Gasteiger partial charge on any atom is 0.337 e. The Morgan fingerprint density at radius 2 is 2.00 bits per heavy atom. The summed E-state index contributed by atoms with van der Waals surface area (Å²) in [6, 6.07) is 4.05. The van der Waals surface area contributed by atoms with Gasteiger partial charge in [-0.2, -0.15) is 0 Å². The van der Waals surface area contributed by atoms with E-state index >= 15 is 0 Å². The number of carbonyl (C=O) groups is 1. The molecule has 1 aromatic rings. The molecule has 1 N–H and O–H groups in total. The Morgan fingerprint density at radius 1 is 1.30 bits per heavy atom. The van der Waals surface area contributed by atoms with Gasteiger partial charge < -0.3 is 9.64 Å². The zero-order valence-electron chi connectivity index (χ0n) is 13.0. The van der Waals surface area contributed by atoms with Gasteiger partial charge in [0.25, 0.3) is 0 Å². The van der Waals surface area contributed by atoms with E-state index in [1.54, 1.807) is 0 Å². The first-order valence-corrected chi connectivity index (χ1v) is 9.40. The third kappa shape index (κ3) is 4.91. The first-order chi connectivity index (χ1) is 10.9. The van der Waals surface area contributed by atoms with Crippen LogP contribution in [0.25, 0.3) is 0 Å². The van der Waals surface area contributed by atoms with Crippen LogP contribution in [0.2, 0.25) is 5.02 Å². The Morgan fingerprint density at radius 3 is 2.65 bits per heavy atom. The number of likely N-dealkylation sites (tertiary alicyclic amines) is 1. The highest BCUT2D eigenvalue weighted by Gasteiger charge is 2.20. The first kappa shape index (κ1) is 18.2. The largest absolute Gasteiger partial charge is 0.465 e. The Hall–Kier alpha value is -1.15. The first-order valence-electron chi connectivity index (χ1n) is 7.54. The number of hydrogen-bond donors (Lipinski definition) is 1. The predicted octanol–water partition coefficient (Wildman–Crippen LogP) is 1.89. The minimum absolute atomic E-state index is 0.0723. The second kappa shape index (κ2) is 8.10. The number of nitrogens with one attached hydrogen (secondary N) is 1. The maximum atomic E-state index is 12.4. The van der Waals surface area contributed by atoms with Crippen LogP contribution in [0.15, 0.2) is 23.1 Å². The van der Waals surface area contributed by atoms with Crippen LogP contribution in [0, 0.1) is 0 Å². The van der Waals surface area contributed by atoms with Crippen molar-refractivity contribution in [2.75, 3.05) is 33.3 Å². The van der Waals surface area contributed by atoms with Gasteiger partial charge in [-0.25, -0.2) is 17.9 Å². The van der Waals surface area contributed by atoms with Gasteiger partial charge in [-0.05, 0) is 44.1 Å². The van der Waals surface area contributed by atoms with E-state index in [-0.39, 0.29) is 15.5 Å². The molecule has 6 nitrogen and oxygen atoms in total. The van der Waals surface area contributed by atoms with Crippen LogP contribution in [-0.4, -0.2) is 52.6 Å². The minimum atomic E-state index is -3.77. The Balaban J connectivity index is 2.04. The molecule has 1 saturated heterocycles. The molecule has 1 aliphatic rings. The summed E-state index contributed by atoms with van der Waals surface area (Å²) >= 11 is 5.97. The van der Waals surface area contributed by atoms with E-state index in [4.69, 9.17) is 11.6 Å². The number of piperidine rings is 1. The summed E-state index contributed by atoms with van der Waals surface area (Å²) in [6.07, 6.45) is 3.54. The fourth-order valence-corrected chi connectivity index (χ4v) is 4.10. The molecule has 0 saturated carbocycles. The number of methoxy groups -OCH3 is 1. The second-order valence-corrected chi connectivity index (χ2v) is 7.58. The molecule has 1 fully saturated rings. The summed E-state index contributed by atoms with van der Waals surface area (Å²) < 4.78 is 31.9. The Labute approximate surface area is 141 Å². The van der Waals surface area contributed by atoms with E-state index in [0.717, 1.165) is 25.9 Å². The summed E-state index contributed by atoms with van der Waals surface area (Å²) in [7, 11) is -2.53. The molecule has 0 atom stereocenters. The van der Waals surface area contributed by atoms with Crippen LogP contribution >= 0.6 is 11.6 Å². The van der Waals surface area contributed by atoms with E-state index in [0.29, 0.717) is 13.1 Å². The lowest BCUT2D eigenvalue weighted by atomic mass is 10.1. The number of rotatable bonds is 6. The molecule has 0 spiro atoms. The van der Waals surface area contributed by atoms with Gasteiger partial charge in [-0.3, -0.25) is 0 Å². The lowest BCUT2D eigenvalue weighted by Gasteiger charge is -2.26. The molecular formula is C15H21ClN2O4S. The van der Waals surface area contributed by atoms with E-state index in [9.17, 15) is 13.2 Å². The number of esters is 1. The summed E-state index contributed by atoms with van der Waals surface area (Å²) in [5.74, 6) is -0.605. The smallest absolute Gasteiger partial charge is 0.337 e. The molecule has 0 aromatic heterocycles. The average Bonchev–Trinajstić information content (AvgIpc) is 2.55. The summed E-state index contributed by atoms with van der Waals surface area (Å²) in [5, 5.41) is 0.0723. The molecule has 1 aromatic carbocycles. The summed E-state index contributed by atoms with van der Waals surface area (Å²) in [5.41, 5.74) is 0.147. The number of hydrogen-bond acceptors (Lipinski definition) is 5. The fourth-order valence-electron chi connectivity index (χ4n) is 2.55. The number of carbonyl (C=O) groups excluding carboxylic acids is 1. The zero-order valence-corrected chi connectivity index (χ0v) is 14.6. The number of sulfonamides is 1. The van der Waals surface area contributed by atoms with Gasteiger partial charge >= 0.3 is 5.97 Å². The molecule has 8 heteroatoms. The third-order valence-electron chi connectivity index (χ3n) is 3.81. The van der Waals surface area contributed by atoms with Gasteiger partial charge in [-0.1, -0.05) is 18.0 Å². The predicted molar refractivity (Wildman–Crippen MR) is 88.3 cm³/mol. The van der Waals surface area contributed by atoms with Crippen molar-refractivity contribution in [3.8, 4) is 0 Å². The lowest BCUT2D eigenvalue weighted by Crippen LogP contribution is -2.37. The molecule has 23 heavy (non-hydrogen) atoms. The maximum absolute atomic E-state index is 12.4. The van der Waals surface area contributed by atoms with Crippen molar-refractivity contribution in [1.82, 2.24) is 9.62 Å². The van der Waals surface area contributed by atoms with Gasteiger partial charge in [0.05, 0.1) is 17.7 Å². The van der Waals surface area contributed by atoms with Gasteiger partial charge in [0, 0.05) is 13.1 Å². The van der Waals surface area contributed by atoms with Gasteiger partial charge in [0.1, 0.15) is 4.90 Å². The van der Waals surface area contributed by atoms with Crippen LogP contribution in [0.3, 0.4) is 0 Å². The van der Waals surface area contributed by atoms with Crippen molar-refractivity contribution in [2.24, 2.45) is 0 Å². The van der Waals surface area contributed by atoms with Crippen molar-refractivity contribution < 1.29 is 17.9 Å². The van der Waals surface area contributed by atoms with E-state index in [1.807, 2.05) is 0 Å². The van der Waals surface area contributed by atoms with Crippen molar-refractivity contribution in [3.05, 3.63) is 28.8 Å².